The molecule has 1 aliphatic heterocycles. The van der Waals surface area contributed by atoms with E-state index in [0.29, 0.717) is 28.5 Å². The fourth-order valence-electron chi connectivity index (χ4n) is 4.57. The lowest BCUT2D eigenvalue weighted by Crippen LogP contribution is -2.26. The lowest BCUT2D eigenvalue weighted by atomic mass is 10.0. The molecule has 4 aromatic rings. The Morgan fingerprint density at radius 3 is 2.63 bits per heavy atom. The summed E-state index contributed by atoms with van der Waals surface area (Å²) >= 11 is 2.99. The number of amides is 1. The highest BCUT2D eigenvalue weighted by Crippen LogP contribution is 2.39. The molecule has 0 spiro atoms. The van der Waals surface area contributed by atoms with E-state index in [9.17, 15) is 9.59 Å². The Kier molecular flexibility index (Phi) is 6.73. The Hall–Kier alpha value is -3.00. The number of nitrogens with zero attached hydrogens (tertiary/aromatic N) is 1. The molecule has 0 radical (unpaired) electrons. The van der Waals surface area contributed by atoms with Crippen LogP contribution in [-0.4, -0.2) is 37.0 Å². The summed E-state index contributed by atoms with van der Waals surface area (Å²) in [5.74, 6) is -0.535. The molecule has 2 aromatic heterocycles. The molecule has 180 valence electrons. The average Bonchev–Trinajstić information content (AvgIpc) is 3.38. The number of aryl methyl sites for hydroxylation is 1. The van der Waals surface area contributed by atoms with E-state index in [-0.39, 0.29) is 11.9 Å². The van der Waals surface area contributed by atoms with E-state index in [0.717, 1.165) is 51.2 Å². The van der Waals surface area contributed by atoms with Gasteiger partial charge in [0.15, 0.2) is 0 Å². The molecule has 1 amide bonds. The molecule has 5 rings (SSSR count). The van der Waals surface area contributed by atoms with E-state index in [2.05, 4.69) is 60.6 Å². The summed E-state index contributed by atoms with van der Waals surface area (Å²) in [5, 5.41) is 4.79. The van der Waals surface area contributed by atoms with Crippen molar-refractivity contribution in [2.24, 2.45) is 0 Å². The highest BCUT2D eigenvalue weighted by Gasteiger charge is 2.29. The maximum absolute atomic E-state index is 13.7. The molecule has 0 unspecified atom stereocenters. The lowest BCUT2D eigenvalue weighted by molar-refractivity contribution is 0.0526. The molecular weight excluding hydrogens is 476 g/mol. The molecule has 0 fully saturated rings. The average molecular weight is 505 g/mol. The van der Waals surface area contributed by atoms with Crippen LogP contribution >= 0.6 is 22.7 Å². The minimum absolute atomic E-state index is 0.175. The van der Waals surface area contributed by atoms with Crippen LogP contribution < -0.4 is 5.32 Å². The van der Waals surface area contributed by atoms with Crippen LogP contribution in [0.4, 0.5) is 5.00 Å². The standard InChI is InChI=1S/C28H28N2O3S2/c1-4-33-28(32)24-20-13-14-30(3)16-23(20)35-27(24)29-26(31)25-21(15-18-11-9-17(2)10-12-18)19-7-5-6-8-22(19)34-25/h5-12H,4,13-16H2,1-3H3,(H,29,31). The molecule has 35 heavy (non-hydrogen) atoms. The Morgan fingerprint density at radius 2 is 1.86 bits per heavy atom. The Labute approximate surface area is 213 Å². The van der Waals surface area contributed by atoms with Crippen molar-refractivity contribution in [3.05, 3.63) is 86.1 Å². The molecule has 7 heteroatoms. The van der Waals surface area contributed by atoms with E-state index in [1.54, 1.807) is 6.92 Å². The van der Waals surface area contributed by atoms with Crippen LogP contribution in [0.15, 0.2) is 48.5 Å². The van der Waals surface area contributed by atoms with Crippen LogP contribution in [0.5, 0.6) is 0 Å². The maximum Gasteiger partial charge on any atom is 0.341 e. The van der Waals surface area contributed by atoms with Crippen LogP contribution in [0.2, 0.25) is 0 Å². The molecule has 0 aliphatic carbocycles. The van der Waals surface area contributed by atoms with Crippen molar-refractivity contribution < 1.29 is 14.3 Å². The van der Waals surface area contributed by atoms with Gasteiger partial charge in [-0.05, 0) is 61.9 Å². The Balaban J connectivity index is 1.53. The summed E-state index contributed by atoms with van der Waals surface area (Å²) in [4.78, 5) is 30.6. The quantitative estimate of drug-likeness (QED) is 0.314. The van der Waals surface area contributed by atoms with Crippen molar-refractivity contribution in [2.75, 3.05) is 25.5 Å². The van der Waals surface area contributed by atoms with Crippen molar-refractivity contribution in [2.45, 2.75) is 33.2 Å². The van der Waals surface area contributed by atoms with Gasteiger partial charge in [-0.3, -0.25) is 4.79 Å². The summed E-state index contributed by atoms with van der Waals surface area (Å²) in [5.41, 5.74) is 4.92. The first-order chi connectivity index (χ1) is 16.9. The van der Waals surface area contributed by atoms with Gasteiger partial charge >= 0.3 is 5.97 Å². The van der Waals surface area contributed by atoms with Crippen molar-refractivity contribution in [3.63, 3.8) is 0 Å². The van der Waals surface area contributed by atoms with Gasteiger partial charge in [-0.2, -0.15) is 0 Å². The van der Waals surface area contributed by atoms with Gasteiger partial charge in [-0.25, -0.2) is 4.79 Å². The second kappa shape index (κ2) is 9.93. The van der Waals surface area contributed by atoms with Crippen LogP contribution in [0.25, 0.3) is 10.1 Å². The van der Waals surface area contributed by atoms with Crippen molar-refractivity contribution in [3.8, 4) is 0 Å². The fourth-order valence-corrected chi connectivity index (χ4v) is 6.99. The Bertz CT molecular complexity index is 1400. The van der Waals surface area contributed by atoms with Crippen LogP contribution in [0.1, 0.15) is 54.1 Å². The Morgan fingerprint density at radius 1 is 1.09 bits per heavy atom. The highest BCUT2D eigenvalue weighted by molar-refractivity contribution is 7.21. The van der Waals surface area contributed by atoms with E-state index >= 15 is 0 Å². The zero-order valence-electron chi connectivity index (χ0n) is 20.1. The van der Waals surface area contributed by atoms with E-state index in [4.69, 9.17) is 4.74 Å². The number of likely N-dealkylation sites (N-methyl/N-ethyl adjacent to an activating group) is 1. The van der Waals surface area contributed by atoms with Gasteiger partial charge in [0.05, 0.1) is 17.0 Å². The molecule has 3 heterocycles. The molecule has 2 aromatic carbocycles. The second-order valence-corrected chi connectivity index (χ2v) is 11.1. The number of carbonyl (C=O) groups excluding carboxylic acids is 2. The largest absolute Gasteiger partial charge is 0.462 e. The third kappa shape index (κ3) is 4.76. The predicted molar refractivity (Wildman–Crippen MR) is 144 cm³/mol. The first kappa shape index (κ1) is 23.7. The number of rotatable bonds is 6. The number of carbonyl (C=O) groups is 2. The number of hydrogen-bond acceptors (Lipinski definition) is 6. The van der Waals surface area contributed by atoms with Crippen molar-refractivity contribution in [1.29, 1.82) is 0 Å². The predicted octanol–water partition coefficient (Wildman–Crippen LogP) is 6.28. The summed E-state index contributed by atoms with van der Waals surface area (Å²) in [6.07, 6.45) is 1.44. The molecule has 0 bridgehead atoms. The lowest BCUT2D eigenvalue weighted by Gasteiger charge is -2.22. The summed E-state index contributed by atoms with van der Waals surface area (Å²) < 4.78 is 6.45. The highest BCUT2D eigenvalue weighted by atomic mass is 32.1. The molecule has 0 saturated heterocycles. The number of anilines is 1. The second-order valence-electron chi connectivity index (χ2n) is 8.94. The van der Waals surface area contributed by atoms with Crippen LogP contribution in [0.3, 0.4) is 0 Å². The van der Waals surface area contributed by atoms with Crippen LogP contribution in [-0.2, 0) is 24.1 Å². The van der Waals surface area contributed by atoms with Gasteiger partial charge in [0.2, 0.25) is 0 Å². The zero-order chi connectivity index (χ0) is 24.5. The third-order valence-electron chi connectivity index (χ3n) is 6.36. The number of fused-ring (bicyclic) bond motifs is 2. The molecule has 0 saturated carbocycles. The van der Waals surface area contributed by atoms with Crippen molar-refractivity contribution in [1.82, 2.24) is 4.90 Å². The topological polar surface area (TPSA) is 58.6 Å². The monoisotopic (exact) mass is 504 g/mol. The SMILES string of the molecule is CCOC(=O)c1c(NC(=O)c2sc3ccccc3c2Cc2ccc(C)cc2)sc2c1CCN(C)C2. The molecule has 1 N–H and O–H groups in total. The van der Waals surface area contributed by atoms with E-state index in [1.165, 1.54) is 28.2 Å². The smallest absolute Gasteiger partial charge is 0.341 e. The fraction of sp³-hybridized carbons (Fsp3) is 0.286. The first-order valence-electron chi connectivity index (χ1n) is 11.8. The van der Waals surface area contributed by atoms with Gasteiger partial charge in [0, 0.05) is 22.7 Å². The van der Waals surface area contributed by atoms with E-state index < -0.39 is 0 Å². The first-order valence-corrected chi connectivity index (χ1v) is 13.5. The maximum atomic E-state index is 13.7. The van der Waals surface area contributed by atoms with Gasteiger partial charge < -0.3 is 15.0 Å². The molecule has 5 nitrogen and oxygen atoms in total. The minimum Gasteiger partial charge on any atom is -0.462 e. The molecule has 0 atom stereocenters. The molecular formula is C28H28N2O3S2. The number of nitrogens with one attached hydrogen (secondary N) is 1. The van der Waals surface area contributed by atoms with Gasteiger partial charge in [-0.15, -0.1) is 22.7 Å². The summed E-state index contributed by atoms with van der Waals surface area (Å²) in [6, 6.07) is 16.6. The number of esters is 1. The van der Waals surface area contributed by atoms with Crippen molar-refractivity contribution >= 4 is 49.6 Å². The number of hydrogen-bond donors (Lipinski definition) is 1. The van der Waals surface area contributed by atoms with Crippen LogP contribution in [0, 0.1) is 6.92 Å². The van der Waals surface area contributed by atoms with E-state index in [1.807, 2.05) is 12.1 Å². The summed E-state index contributed by atoms with van der Waals surface area (Å²) in [6.45, 7) is 5.82. The summed E-state index contributed by atoms with van der Waals surface area (Å²) in [7, 11) is 2.07. The van der Waals surface area contributed by atoms with Gasteiger partial charge in [0.1, 0.15) is 5.00 Å². The van der Waals surface area contributed by atoms with Gasteiger partial charge in [0.25, 0.3) is 5.91 Å². The number of benzene rings is 2. The number of ether oxygens (including phenoxy) is 1. The third-order valence-corrected chi connectivity index (χ3v) is 8.70. The van der Waals surface area contributed by atoms with Gasteiger partial charge in [-0.1, -0.05) is 48.0 Å². The normalized spacial score (nSPS) is 13.6. The minimum atomic E-state index is -0.360. The number of thiophene rings is 2. The zero-order valence-corrected chi connectivity index (χ0v) is 21.8. The molecule has 1 aliphatic rings.